The van der Waals surface area contributed by atoms with Crippen molar-refractivity contribution in [1.82, 2.24) is 4.72 Å². The number of halogens is 2. The summed E-state index contributed by atoms with van der Waals surface area (Å²) in [7, 11) is -4.58. The summed E-state index contributed by atoms with van der Waals surface area (Å²) in [5.74, 6) is -0.600. The van der Waals surface area contributed by atoms with Crippen molar-refractivity contribution < 1.29 is 22.6 Å². The topological polar surface area (TPSA) is 120 Å². The van der Waals surface area contributed by atoms with E-state index in [1.165, 1.54) is 12.1 Å². The summed E-state index contributed by atoms with van der Waals surface area (Å²) in [4.78, 5) is 23.7. The monoisotopic (exact) mass is 574 g/mol. The van der Waals surface area contributed by atoms with Crippen LogP contribution >= 0.6 is 23.2 Å². The number of furan rings is 1. The van der Waals surface area contributed by atoms with Crippen LogP contribution < -0.4 is 4.72 Å². The first kappa shape index (κ1) is 27.6. The zero-order valence-electron chi connectivity index (χ0n) is 20.6. The van der Waals surface area contributed by atoms with Gasteiger partial charge in [0.05, 0.1) is 10.5 Å². The van der Waals surface area contributed by atoms with Crippen molar-refractivity contribution in [3.05, 3.63) is 103 Å². The molecule has 0 saturated heterocycles. The molecule has 1 amide bonds. The van der Waals surface area contributed by atoms with Crippen LogP contribution in [0.2, 0.25) is 10.0 Å². The number of fused-ring (bicyclic) bond motifs is 1. The van der Waals surface area contributed by atoms with Crippen LogP contribution in [0.5, 0.6) is 0 Å². The van der Waals surface area contributed by atoms with Crippen LogP contribution in [0.15, 0.2) is 63.9 Å². The molecule has 0 fully saturated rings. The molecule has 1 heterocycles. The van der Waals surface area contributed by atoms with Gasteiger partial charge in [-0.15, -0.1) is 0 Å². The van der Waals surface area contributed by atoms with Crippen molar-refractivity contribution in [2.75, 3.05) is 0 Å². The van der Waals surface area contributed by atoms with Crippen molar-refractivity contribution in [3.8, 4) is 0 Å². The number of hydrogen-bond donors (Lipinski definition) is 1. The Morgan fingerprint density at radius 3 is 2.42 bits per heavy atom. The number of nitrogens with zero attached hydrogens (tertiary/aromatic N) is 1. The normalized spacial score (nSPS) is 11.6. The van der Waals surface area contributed by atoms with Gasteiger partial charge in [-0.05, 0) is 60.2 Å². The fourth-order valence-electron chi connectivity index (χ4n) is 4.45. The molecule has 0 aliphatic heterocycles. The fraction of sp³-hybridized carbons (Fsp3) is 0.222. The first-order chi connectivity index (χ1) is 18.1. The lowest BCUT2D eigenvalue weighted by atomic mass is 9.92. The van der Waals surface area contributed by atoms with E-state index in [2.05, 4.69) is 0 Å². The van der Waals surface area contributed by atoms with E-state index in [1.807, 2.05) is 24.6 Å². The fourth-order valence-corrected chi connectivity index (χ4v) is 6.05. The van der Waals surface area contributed by atoms with Gasteiger partial charge in [-0.3, -0.25) is 14.9 Å². The largest absolute Gasteiger partial charge is 0.460 e. The number of sulfonamides is 1. The van der Waals surface area contributed by atoms with Crippen molar-refractivity contribution in [2.45, 2.75) is 44.4 Å². The highest BCUT2D eigenvalue weighted by Gasteiger charge is 2.31. The van der Waals surface area contributed by atoms with Gasteiger partial charge in [0.25, 0.3) is 21.6 Å². The van der Waals surface area contributed by atoms with Gasteiger partial charge in [0.1, 0.15) is 11.3 Å². The number of nitrogens with one attached hydrogen (secondary N) is 1. The molecule has 0 atom stereocenters. The van der Waals surface area contributed by atoms with Crippen LogP contribution in [0.4, 0.5) is 5.69 Å². The highest BCUT2D eigenvalue weighted by atomic mass is 35.5. The molecule has 8 nitrogen and oxygen atoms in total. The van der Waals surface area contributed by atoms with Crippen LogP contribution in [0.25, 0.3) is 11.0 Å². The summed E-state index contributed by atoms with van der Waals surface area (Å²) in [6.07, 6.45) is 2.00. The van der Waals surface area contributed by atoms with E-state index in [0.29, 0.717) is 52.5 Å². The zero-order valence-corrected chi connectivity index (χ0v) is 22.9. The Kier molecular flexibility index (Phi) is 8.10. The van der Waals surface area contributed by atoms with Crippen LogP contribution in [-0.2, 0) is 29.3 Å². The van der Waals surface area contributed by atoms with Crippen LogP contribution in [0, 0.1) is 10.1 Å². The van der Waals surface area contributed by atoms with Gasteiger partial charge < -0.3 is 4.42 Å². The standard InChI is InChI=1S/C27H24Cl2N2O6S/c1-3-7-22-26(27(32)30-38(35,36)24-9-6-5-8-21(24)31(33)34)25-19(16(4-2)11-13-23(25)37-22)14-17-10-12-18(28)15-20(17)29/h5-6,8-13,15H,3-4,7,14H2,1-2H3,(H,30,32). The predicted molar refractivity (Wildman–Crippen MR) is 147 cm³/mol. The number of hydrogen-bond acceptors (Lipinski definition) is 6. The van der Waals surface area contributed by atoms with E-state index in [4.69, 9.17) is 27.6 Å². The predicted octanol–water partition coefficient (Wildman–Crippen LogP) is 6.87. The molecule has 1 N–H and O–H groups in total. The lowest BCUT2D eigenvalue weighted by molar-refractivity contribution is -0.387. The summed E-state index contributed by atoms with van der Waals surface area (Å²) >= 11 is 12.5. The lowest BCUT2D eigenvalue weighted by Crippen LogP contribution is -2.31. The highest BCUT2D eigenvalue weighted by Crippen LogP contribution is 2.35. The van der Waals surface area contributed by atoms with E-state index < -0.39 is 31.4 Å². The van der Waals surface area contributed by atoms with Crippen LogP contribution in [0.1, 0.15) is 53.1 Å². The van der Waals surface area contributed by atoms with Crippen LogP contribution in [0.3, 0.4) is 0 Å². The van der Waals surface area contributed by atoms with Gasteiger partial charge in [0, 0.05) is 27.9 Å². The number of nitro benzene ring substituents is 1. The highest BCUT2D eigenvalue weighted by molar-refractivity contribution is 7.90. The molecular weight excluding hydrogens is 551 g/mol. The second-order valence-electron chi connectivity index (χ2n) is 8.65. The molecule has 38 heavy (non-hydrogen) atoms. The molecule has 0 spiro atoms. The van der Waals surface area contributed by atoms with Gasteiger partial charge >= 0.3 is 0 Å². The lowest BCUT2D eigenvalue weighted by Gasteiger charge is -2.13. The molecule has 0 unspecified atom stereocenters. The summed E-state index contributed by atoms with van der Waals surface area (Å²) < 4.78 is 34.4. The van der Waals surface area contributed by atoms with Crippen molar-refractivity contribution in [2.24, 2.45) is 0 Å². The molecule has 198 valence electrons. The number of rotatable bonds is 9. The molecule has 0 bridgehead atoms. The van der Waals surface area contributed by atoms with Gasteiger partial charge in [-0.2, -0.15) is 0 Å². The second kappa shape index (κ2) is 11.1. The Morgan fingerprint density at radius 1 is 1.05 bits per heavy atom. The number of carbonyl (C=O) groups excluding carboxylic acids is 1. The third-order valence-corrected chi connectivity index (χ3v) is 8.14. The minimum absolute atomic E-state index is 0.0828. The van der Waals surface area contributed by atoms with Gasteiger partial charge in [0.2, 0.25) is 0 Å². The Balaban J connectivity index is 1.89. The van der Waals surface area contributed by atoms with Gasteiger partial charge in [-0.1, -0.05) is 61.3 Å². The van der Waals surface area contributed by atoms with Gasteiger partial charge in [-0.25, -0.2) is 13.1 Å². The zero-order chi connectivity index (χ0) is 27.6. The third kappa shape index (κ3) is 5.41. The second-order valence-corrected chi connectivity index (χ2v) is 11.1. The molecule has 4 rings (SSSR count). The van der Waals surface area contributed by atoms with E-state index in [9.17, 15) is 23.3 Å². The maximum Gasteiger partial charge on any atom is 0.289 e. The van der Waals surface area contributed by atoms with Crippen molar-refractivity contribution in [3.63, 3.8) is 0 Å². The summed E-state index contributed by atoms with van der Waals surface area (Å²) in [5.41, 5.74) is 2.36. The maximum absolute atomic E-state index is 13.6. The Morgan fingerprint density at radius 2 is 1.76 bits per heavy atom. The third-order valence-electron chi connectivity index (χ3n) is 6.18. The molecule has 1 aromatic heterocycles. The number of nitro groups is 1. The molecule has 11 heteroatoms. The SMILES string of the molecule is CCCc1oc2ccc(CC)c(Cc3ccc(Cl)cc3Cl)c2c1C(=O)NS(=O)(=O)c1ccccc1[N+](=O)[O-]. The van der Waals surface area contributed by atoms with E-state index in [1.54, 1.807) is 24.3 Å². The Bertz CT molecular complexity index is 1660. The number of amides is 1. The van der Waals surface area contributed by atoms with E-state index >= 15 is 0 Å². The smallest absolute Gasteiger partial charge is 0.289 e. The maximum atomic E-state index is 13.6. The quantitative estimate of drug-likeness (QED) is 0.172. The van der Waals surface area contributed by atoms with E-state index in [-0.39, 0.29) is 5.56 Å². The molecule has 0 saturated carbocycles. The number of carbonyl (C=O) groups is 1. The summed E-state index contributed by atoms with van der Waals surface area (Å²) in [6.45, 7) is 3.88. The van der Waals surface area contributed by atoms with Crippen molar-refractivity contribution >= 4 is 55.8 Å². The molecule has 4 aromatic rings. The average Bonchev–Trinajstić information content (AvgIpc) is 3.24. The number of benzene rings is 3. The minimum Gasteiger partial charge on any atom is -0.460 e. The van der Waals surface area contributed by atoms with Crippen molar-refractivity contribution in [1.29, 1.82) is 0 Å². The first-order valence-electron chi connectivity index (χ1n) is 11.9. The Hall–Kier alpha value is -3.40. The number of aryl methyl sites for hydroxylation is 2. The molecule has 0 aliphatic carbocycles. The van der Waals surface area contributed by atoms with Gasteiger partial charge in [0.15, 0.2) is 4.90 Å². The molecular formula is C27H24Cl2N2O6S. The molecule has 0 radical (unpaired) electrons. The molecule has 3 aromatic carbocycles. The molecule has 0 aliphatic rings. The van der Waals surface area contributed by atoms with Crippen LogP contribution in [-0.4, -0.2) is 19.2 Å². The number of para-hydroxylation sites is 1. The Labute approximate surface area is 229 Å². The summed E-state index contributed by atoms with van der Waals surface area (Å²) in [5, 5.41) is 12.9. The van der Waals surface area contributed by atoms with E-state index in [0.717, 1.165) is 28.8 Å². The first-order valence-corrected chi connectivity index (χ1v) is 14.1. The summed E-state index contributed by atoms with van der Waals surface area (Å²) in [6, 6.07) is 13.7. The average molecular weight is 575 g/mol. The minimum atomic E-state index is -4.58.